The number of unbranched alkanes of at least 4 members (excludes halogenated alkanes) is 1. The summed E-state index contributed by atoms with van der Waals surface area (Å²) in [5.74, 6) is -0.393. The summed E-state index contributed by atoms with van der Waals surface area (Å²) < 4.78 is 4.99. The summed E-state index contributed by atoms with van der Waals surface area (Å²) in [5.41, 5.74) is 0.364. The first-order chi connectivity index (χ1) is 6.67. The van der Waals surface area contributed by atoms with Gasteiger partial charge in [-0.1, -0.05) is 26.3 Å². The molecule has 0 aliphatic rings. The van der Waals surface area contributed by atoms with Crippen LogP contribution in [0, 0.1) is 0 Å². The van der Waals surface area contributed by atoms with Crippen molar-refractivity contribution in [3.05, 3.63) is 11.6 Å². The van der Waals surface area contributed by atoms with Crippen LogP contribution in [0.4, 0.5) is 0 Å². The Labute approximate surface area is 85.8 Å². The SMILES string of the molecule is CC=C(C(=O)OCCCC)C(O)CC. The van der Waals surface area contributed by atoms with E-state index in [1.807, 2.05) is 13.8 Å². The first kappa shape index (κ1) is 13.2. The van der Waals surface area contributed by atoms with E-state index in [4.69, 9.17) is 4.74 Å². The predicted octanol–water partition coefficient (Wildman–Crippen LogP) is 2.05. The minimum Gasteiger partial charge on any atom is -0.462 e. The molecule has 3 heteroatoms. The molecule has 1 atom stereocenters. The highest BCUT2D eigenvalue weighted by Gasteiger charge is 2.17. The maximum atomic E-state index is 11.4. The number of aliphatic hydroxyl groups is 1. The zero-order valence-electron chi connectivity index (χ0n) is 9.25. The Balaban J connectivity index is 4.06. The van der Waals surface area contributed by atoms with E-state index in [-0.39, 0.29) is 0 Å². The molecule has 1 N–H and O–H groups in total. The van der Waals surface area contributed by atoms with Crippen molar-refractivity contribution in [2.45, 2.75) is 46.1 Å². The summed E-state index contributed by atoms with van der Waals surface area (Å²) in [7, 11) is 0. The number of carbonyl (C=O) groups is 1. The van der Waals surface area contributed by atoms with Crippen LogP contribution in [0.15, 0.2) is 11.6 Å². The third-order valence-corrected chi connectivity index (χ3v) is 2.02. The molecule has 0 aromatic heterocycles. The van der Waals surface area contributed by atoms with Gasteiger partial charge in [-0.15, -0.1) is 0 Å². The molecule has 0 bridgehead atoms. The molecule has 0 aliphatic heterocycles. The number of rotatable bonds is 6. The highest BCUT2D eigenvalue weighted by Crippen LogP contribution is 2.08. The lowest BCUT2D eigenvalue weighted by Crippen LogP contribution is -2.19. The molecule has 14 heavy (non-hydrogen) atoms. The van der Waals surface area contributed by atoms with Gasteiger partial charge < -0.3 is 9.84 Å². The van der Waals surface area contributed by atoms with Crippen molar-refractivity contribution in [2.24, 2.45) is 0 Å². The fraction of sp³-hybridized carbons (Fsp3) is 0.727. The van der Waals surface area contributed by atoms with Crippen molar-refractivity contribution in [1.82, 2.24) is 0 Å². The molecular formula is C11H20O3. The van der Waals surface area contributed by atoms with Crippen molar-refractivity contribution in [3.63, 3.8) is 0 Å². The molecule has 0 saturated heterocycles. The third-order valence-electron chi connectivity index (χ3n) is 2.02. The van der Waals surface area contributed by atoms with Gasteiger partial charge in [-0.2, -0.15) is 0 Å². The van der Waals surface area contributed by atoms with Gasteiger partial charge >= 0.3 is 5.97 Å². The normalized spacial score (nSPS) is 13.9. The minimum absolute atomic E-state index is 0.364. The van der Waals surface area contributed by atoms with Crippen LogP contribution in [0.3, 0.4) is 0 Å². The molecule has 0 rings (SSSR count). The number of carbonyl (C=O) groups excluding carboxylic acids is 1. The smallest absolute Gasteiger partial charge is 0.336 e. The Bertz CT molecular complexity index is 197. The summed E-state index contributed by atoms with van der Waals surface area (Å²) in [6.45, 7) is 6.02. The number of aliphatic hydroxyl groups excluding tert-OH is 1. The van der Waals surface area contributed by atoms with Crippen molar-refractivity contribution in [2.75, 3.05) is 6.61 Å². The molecule has 0 saturated carbocycles. The molecule has 0 fully saturated rings. The Kier molecular flexibility index (Phi) is 7.11. The monoisotopic (exact) mass is 200 g/mol. The number of esters is 1. The van der Waals surface area contributed by atoms with Crippen LogP contribution in [0.2, 0.25) is 0 Å². The topological polar surface area (TPSA) is 46.5 Å². The highest BCUT2D eigenvalue weighted by molar-refractivity contribution is 5.89. The van der Waals surface area contributed by atoms with Crippen LogP contribution < -0.4 is 0 Å². The van der Waals surface area contributed by atoms with E-state index in [1.54, 1.807) is 13.0 Å². The Morgan fingerprint density at radius 3 is 2.57 bits per heavy atom. The summed E-state index contributed by atoms with van der Waals surface area (Å²) in [6.07, 6.45) is 3.30. The third kappa shape index (κ3) is 4.42. The zero-order valence-corrected chi connectivity index (χ0v) is 9.25. The number of hydrogen-bond acceptors (Lipinski definition) is 3. The molecule has 0 aromatic carbocycles. The highest BCUT2D eigenvalue weighted by atomic mass is 16.5. The molecule has 0 aliphatic carbocycles. The van der Waals surface area contributed by atoms with Crippen molar-refractivity contribution in [3.8, 4) is 0 Å². The van der Waals surface area contributed by atoms with Gasteiger partial charge in [-0.05, 0) is 19.8 Å². The Morgan fingerprint density at radius 2 is 2.14 bits per heavy atom. The average Bonchev–Trinajstić information content (AvgIpc) is 2.19. The second-order valence-electron chi connectivity index (χ2n) is 3.16. The van der Waals surface area contributed by atoms with Crippen LogP contribution in [-0.4, -0.2) is 23.8 Å². The van der Waals surface area contributed by atoms with Gasteiger partial charge in [0.05, 0.1) is 18.3 Å². The predicted molar refractivity (Wildman–Crippen MR) is 55.9 cm³/mol. The van der Waals surface area contributed by atoms with Gasteiger partial charge in [0.25, 0.3) is 0 Å². The average molecular weight is 200 g/mol. The first-order valence-corrected chi connectivity index (χ1v) is 5.18. The lowest BCUT2D eigenvalue weighted by atomic mass is 10.1. The van der Waals surface area contributed by atoms with Crippen molar-refractivity contribution < 1.29 is 14.6 Å². The summed E-state index contributed by atoms with van der Waals surface area (Å²) >= 11 is 0. The summed E-state index contributed by atoms with van der Waals surface area (Å²) in [6, 6.07) is 0. The van der Waals surface area contributed by atoms with Gasteiger partial charge in [0.2, 0.25) is 0 Å². The first-order valence-electron chi connectivity index (χ1n) is 5.18. The van der Waals surface area contributed by atoms with E-state index in [9.17, 15) is 9.90 Å². The number of ether oxygens (including phenoxy) is 1. The van der Waals surface area contributed by atoms with Crippen LogP contribution >= 0.6 is 0 Å². The quantitative estimate of drug-likeness (QED) is 0.405. The summed E-state index contributed by atoms with van der Waals surface area (Å²) in [5, 5.41) is 9.48. The molecule has 0 aromatic rings. The van der Waals surface area contributed by atoms with E-state index in [0.717, 1.165) is 12.8 Å². The molecule has 0 spiro atoms. The standard InChI is InChI=1S/C11H20O3/c1-4-7-8-14-11(13)9(5-2)10(12)6-3/h5,10,12H,4,6-8H2,1-3H3. The summed E-state index contributed by atoms with van der Waals surface area (Å²) in [4.78, 5) is 11.4. The van der Waals surface area contributed by atoms with Crippen molar-refractivity contribution >= 4 is 5.97 Å². The largest absolute Gasteiger partial charge is 0.462 e. The van der Waals surface area contributed by atoms with Crippen LogP contribution in [0.1, 0.15) is 40.0 Å². The van der Waals surface area contributed by atoms with Crippen LogP contribution in [0.5, 0.6) is 0 Å². The lowest BCUT2D eigenvalue weighted by molar-refractivity contribution is -0.140. The minimum atomic E-state index is -0.700. The maximum absolute atomic E-state index is 11.4. The van der Waals surface area contributed by atoms with Gasteiger partial charge in [0, 0.05) is 0 Å². The zero-order chi connectivity index (χ0) is 11.0. The molecule has 82 valence electrons. The fourth-order valence-electron chi connectivity index (χ4n) is 1.06. The van der Waals surface area contributed by atoms with Crippen molar-refractivity contribution in [1.29, 1.82) is 0 Å². The molecule has 1 unspecified atom stereocenters. The number of hydrogen-bond donors (Lipinski definition) is 1. The maximum Gasteiger partial charge on any atom is 0.336 e. The Morgan fingerprint density at radius 1 is 1.50 bits per heavy atom. The lowest BCUT2D eigenvalue weighted by Gasteiger charge is -2.11. The van der Waals surface area contributed by atoms with E-state index in [1.165, 1.54) is 0 Å². The molecular weight excluding hydrogens is 180 g/mol. The van der Waals surface area contributed by atoms with E-state index in [2.05, 4.69) is 0 Å². The second kappa shape index (κ2) is 7.56. The van der Waals surface area contributed by atoms with Gasteiger partial charge in [0.1, 0.15) is 0 Å². The van der Waals surface area contributed by atoms with Gasteiger partial charge in [-0.3, -0.25) is 0 Å². The fourth-order valence-corrected chi connectivity index (χ4v) is 1.06. The molecule has 0 radical (unpaired) electrons. The van der Waals surface area contributed by atoms with Crippen LogP contribution in [0.25, 0.3) is 0 Å². The van der Waals surface area contributed by atoms with Gasteiger partial charge in [0.15, 0.2) is 0 Å². The molecule has 3 nitrogen and oxygen atoms in total. The number of allylic oxidation sites excluding steroid dienone is 1. The second-order valence-corrected chi connectivity index (χ2v) is 3.16. The van der Waals surface area contributed by atoms with E-state index >= 15 is 0 Å². The molecule has 0 amide bonds. The van der Waals surface area contributed by atoms with Crippen LogP contribution in [-0.2, 0) is 9.53 Å². The molecule has 0 heterocycles. The van der Waals surface area contributed by atoms with Gasteiger partial charge in [-0.25, -0.2) is 4.79 Å². The van der Waals surface area contributed by atoms with E-state index < -0.39 is 12.1 Å². The Hall–Kier alpha value is -0.830. The van der Waals surface area contributed by atoms with E-state index in [0.29, 0.717) is 18.6 Å².